The Morgan fingerprint density at radius 1 is 1.00 bits per heavy atom. The van der Waals surface area contributed by atoms with Crippen LogP contribution in [-0.2, 0) is 10.0 Å². The number of ether oxygens (including phenoxy) is 1. The second kappa shape index (κ2) is 8.99. The maximum absolute atomic E-state index is 12.8. The molecule has 0 spiro atoms. The van der Waals surface area contributed by atoms with Crippen LogP contribution in [0.1, 0.15) is 0 Å². The lowest BCUT2D eigenvalue weighted by atomic mass is 10.2. The predicted octanol–water partition coefficient (Wildman–Crippen LogP) is 2.34. The van der Waals surface area contributed by atoms with Gasteiger partial charge in [-0.15, -0.1) is 0 Å². The molecule has 1 aliphatic heterocycles. The van der Waals surface area contributed by atoms with Crippen LogP contribution in [0.25, 0.3) is 10.9 Å². The molecule has 0 aliphatic carbocycles. The van der Waals surface area contributed by atoms with Crippen molar-refractivity contribution in [1.29, 1.82) is 0 Å². The summed E-state index contributed by atoms with van der Waals surface area (Å²) >= 11 is 0. The molecular formula is C22H26N4O3S. The van der Waals surface area contributed by atoms with E-state index in [0.717, 1.165) is 37.3 Å². The van der Waals surface area contributed by atoms with Crippen LogP contribution in [0.15, 0.2) is 65.7 Å². The Balaban J connectivity index is 1.30. The number of methoxy groups -OCH3 is 1. The van der Waals surface area contributed by atoms with E-state index in [1.165, 1.54) is 5.69 Å². The topological polar surface area (TPSA) is 74.8 Å². The van der Waals surface area contributed by atoms with Crippen LogP contribution >= 0.6 is 0 Å². The lowest BCUT2D eigenvalue weighted by molar-refractivity contribution is 0.262. The smallest absolute Gasteiger partial charge is 0.242 e. The molecule has 2 aromatic carbocycles. The highest BCUT2D eigenvalue weighted by atomic mass is 32.2. The first kappa shape index (κ1) is 20.6. The fourth-order valence-electron chi connectivity index (χ4n) is 3.73. The summed E-state index contributed by atoms with van der Waals surface area (Å²) < 4.78 is 33.5. The van der Waals surface area contributed by atoms with E-state index in [1.54, 1.807) is 31.5 Å². The van der Waals surface area contributed by atoms with Gasteiger partial charge in [0, 0.05) is 56.5 Å². The average Bonchev–Trinajstić information content (AvgIpc) is 2.79. The number of para-hydroxylation sites is 1. The van der Waals surface area contributed by atoms with E-state index in [1.807, 2.05) is 24.3 Å². The number of anilines is 1. The SMILES string of the molecule is COc1ccc(N2CCN(CCNS(=O)(=O)c3cccc4cccnc34)CC2)cc1. The van der Waals surface area contributed by atoms with E-state index in [2.05, 4.69) is 31.6 Å². The first-order valence-corrected chi connectivity index (χ1v) is 11.5. The molecule has 1 N–H and O–H groups in total. The van der Waals surface area contributed by atoms with Crippen molar-refractivity contribution in [2.75, 3.05) is 51.3 Å². The van der Waals surface area contributed by atoms with Gasteiger partial charge >= 0.3 is 0 Å². The minimum absolute atomic E-state index is 0.227. The Kier molecular flexibility index (Phi) is 6.17. The Morgan fingerprint density at radius 2 is 1.73 bits per heavy atom. The van der Waals surface area contributed by atoms with Gasteiger partial charge in [-0.1, -0.05) is 18.2 Å². The first-order chi connectivity index (χ1) is 14.6. The number of hydrogen-bond acceptors (Lipinski definition) is 6. The van der Waals surface area contributed by atoms with Crippen molar-refractivity contribution in [3.05, 3.63) is 60.8 Å². The number of hydrogen-bond donors (Lipinski definition) is 1. The van der Waals surface area contributed by atoms with Gasteiger partial charge < -0.3 is 9.64 Å². The fraction of sp³-hybridized carbons (Fsp3) is 0.318. The second-order valence-corrected chi connectivity index (χ2v) is 8.99. The molecule has 1 aliphatic rings. The third-order valence-corrected chi connectivity index (χ3v) is 6.91. The van der Waals surface area contributed by atoms with Gasteiger partial charge in [-0.25, -0.2) is 13.1 Å². The fourth-order valence-corrected chi connectivity index (χ4v) is 4.93. The van der Waals surface area contributed by atoms with Crippen LogP contribution in [0.4, 0.5) is 5.69 Å². The summed E-state index contributed by atoms with van der Waals surface area (Å²) in [6.07, 6.45) is 1.61. The minimum Gasteiger partial charge on any atom is -0.497 e. The standard InChI is InChI=1S/C22H26N4O3S/c1-29-20-9-7-19(8-10-20)26-16-14-25(15-17-26)13-12-24-30(27,28)21-6-2-4-18-5-3-11-23-22(18)21/h2-11,24H,12-17H2,1H3. The molecule has 158 valence electrons. The quantitative estimate of drug-likeness (QED) is 0.625. The van der Waals surface area contributed by atoms with Gasteiger partial charge in [-0.2, -0.15) is 0 Å². The molecule has 1 fully saturated rings. The van der Waals surface area contributed by atoms with E-state index in [-0.39, 0.29) is 4.90 Å². The molecule has 0 bridgehead atoms. The second-order valence-electron chi connectivity index (χ2n) is 7.26. The predicted molar refractivity (Wildman–Crippen MR) is 119 cm³/mol. The van der Waals surface area contributed by atoms with Crippen LogP contribution in [0, 0.1) is 0 Å². The number of rotatable bonds is 7. The summed E-state index contributed by atoms with van der Waals surface area (Å²) in [4.78, 5) is 9.09. The van der Waals surface area contributed by atoms with E-state index >= 15 is 0 Å². The maximum Gasteiger partial charge on any atom is 0.242 e. The molecular weight excluding hydrogens is 400 g/mol. The van der Waals surface area contributed by atoms with Gasteiger partial charge in [-0.05, 0) is 36.4 Å². The van der Waals surface area contributed by atoms with E-state index in [4.69, 9.17) is 4.74 Å². The zero-order valence-corrected chi connectivity index (χ0v) is 17.8. The lowest BCUT2D eigenvalue weighted by Crippen LogP contribution is -2.48. The number of pyridine rings is 1. The van der Waals surface area contributed by atoms with Crippen molar-refractivity contribution in [3.63, 3.8) is 0 Å². The minimum atomic E-state index is -3.61. The first-order valence-electron chi connectivity index (χ1n) is 10.0. The van der Waals surface area contributed by atoms with Gasteiger partial charge in [0.05, 0.1) is 12.6 Å². The molecule has 1 aromatic heterocycles. The van der Waals surface area contributed by atoms with Crippen LogP contribution < -0.4 is 14.4 Å². The zero-order valence-electron chi connectivity index (χ0n) is 17.0. The summed E-state index contributed by atoms with van der Waals surface area (Å²) in [5.41, 5.74) is 1.68. The molecule has 1 saturated heterocycles. The number of nitrogens with zero attached hydrogens (tertiary/aromatic N) is 3. The van der Waals surface area contributed by atoms with Gasteiger partial charge in [-0.3, -0.25) is 9.88 Å². The summed E-state index contributed by atoms with van der Waals surface area (Å²) in [7, 11) is -1.94. The number of nitrogens with one attached hydrogen (secondary N) is 1. The van der Waals surface area contributed by atoms with E-state index in [0.29, 0.717) is 18.6 Å². The largest absolute Gasteiger partial charge is 0.497 e. The van der Waals surface area contributed by atoms with Crippen LogP contribution in [0.3, 0.4) is 0 Å². The average molecular weight is 427 g/mol. The van der Waals surface area contributed by atoms with Crippen molar-refractivity contribution >= 4 is 26.6 Å². The molecule has 0 amide bonds. The van der Waals surface area contributed by atoms with Crippen LogP contribution in [0.2, 0.25) is 0 Å². The monoisotopic (exact) mass is 426 g/mol. The Bertz CT molecular complexity index is 1090. The maximum atomic E-state index is 12.8. The zero-order chi connectivity index (χ0) is 21.0. The summed E-state index contributed by atoms with van der Waals surface area (Å²) in [5, 5.41) is 0.815. The van der Waals surface area contributed by atoms with E-state index in [9.17, 15) is 8.42 Å². The van der Waals surface area contributed by atoms with Crippen molar-refractivity contribution in [2.24, 2.45) is 0 Å². The highest BCUT2D eigenvalue weighted by molar-refractivity contribution is 7.89. The Labute approximate surface area is 177 Å². The van der Waals surface area contributed by atoms with Gasteiger partial charge in [0.25, 0.3) is 0 Å². The van der Waals surface area contributed by atoms with Gasteiger partial charge in [0.2, 0.25) is 10.0 Å². The number of piperazine rings is 1. The number of fused-ring (bicyclic) bond motifs is 1. The van der Waals surface area contributed by atoms with Crippen molar-refractivity contribution in [2.45, 2.75) is 4.90 Å². The van der Waals surface area contributed by atoms with Gasteiger partial charge in [0.15, 0.2) is 0 Å². The number of benzene rings is 2. The molecule has 0 radical (unpaired) electrons. The molecule has 0 atom stereocenters. The molecule has 0 unspecified atom stereocenters. The van der Waals surface area contributed by atoms with Crippen molar-refractivity contribution in [3.8, 4) is 5.75 Å². The van der Waals surface area contributed by atoms with Crippen molar-refractivity contribution in [1.82, 2.24) is 14.6 Å². The van der Waals surface area contributed by atoms with Crippen LogP contribution in [0.5, 0.6) is 5.75 Å². The number of sulfonamides is 1. The lowest BCUT2D eigenvalue weighted by Gasteiger charge is -2.36. The van der Waals surface area contributed by atoms with Gasteiger partial charge in [0.1, 0.15) is 10.6 Å². The summed E-state index contributed by atoms with van der Waals surface area (Å²) in [6, 6.07) is 17.0. The summed E-state index contributed by atoms with van der Waals surface area (Å²) in [5.74, 6) is 0.853. The molecule has 7 nitrogen and oxygen atoms in total. The highest BCUT2D eigenvalue weighted by Gasteiger charge is 2.20. The molecule has 4 rings (SSSR count). The third kappa shape index (κ3) is 4.56. The Hall–Kier alpha value is -2.68. The Morgan fingerprint density at radius 3 is 2.47 bits per heavy atom. The molecule has 3 aromatic rings. The normalized spacial score (nSPS) is 15.4. The molecule has 2 heterocycles. The molecule has 8 heteroatoms. The van der Waals surface area contributed by atoms with E-state index < -0.39 is 10.0 Å². The highest BCUT2D eigenvalue weighted by Crippen LogP contribution is 2.21. The molecule has 30 heavy (non-hydrogen) atoms. The van der Waals surface area contributed by atoms with Crippen LogP contribution in [-0.4, -0.2) is 64.7 Å². The third-order valence-electron chi connectivity index (χ3n) is 5.42. The number of aromatic nitrogens is 1. The summed E-state index contributed by atoms with van der Waals surface area (Å²) in [6.45, 7) is 4.65. The molecule has 0 saturated carbocycles. The van der Waals surface area contributed by atoms with Crippen molar-refractivity contribution < 1.29 is 13.2 Å².